The minimum atomic E-state index is -4.75. The lowest BCUT2D eigenvalue weighted by atomic mass is 10.1. The van der Waals surface area contributed by atoms with Crippen LogP contribution in [0.4, 0.5) is 18.9 Å². The van der Waals surface area contributed by atoms with E-state index in [0.29, 0.717) is 47.9 Å². The Bertz CT molecular complexity index is 1240. The lowest BCUT2D eigenvalue weighted by molar-refractivity contribution is -0.274. The molecule has 1 aromatic heterocycles. The van der Waals surface area contributed by atoms with Crippen LogP contribution in [0.15, 0.2) is 52.8 Å². The molecule has 0 unspecified atom stereocenters. The lowest BCUT2D eigenvalue weighted by Gasteiger charge is -2.11. The molecular formula is C24H24F3N3O4S. The van der Waals surface area contributed by atoms with Crippen LogP contribution in [0.5, 0.6) is 17.2 Å². The van der Waals surface area contributed by atoms with Crippen LogP contribution in [0.3, 0.4) is 0 Å². The van der Waals surface area contributed by atoms with Gasteiger partial charge in [-0.25, -0.2) is 4.99 Å². The molecule has 1 N–H and O–H groups in total. The molecule has 1 amide bonds. The standard InChI is InChI=1S/C24H24F3N3O4S/c1-2-4-22(31)28-11-3-12-30-19(16-5-10-20-21(13-16)33-15-32-20)14-35-23(30)29-17-6-8-18(9-7-17)34-24(25,26)27/h5-10,13-14H,2-4,11-12,15H2,1H3,(H,28,31)/b29-23-. The van der Waals surface area contributed by atoms with Crippen LogP contribution in [0.25, 0.3) is 11.3 Å². The first kappa shape index (κ1) is 24.6. The molecule has 1 aliphatic rings. The van der Waals surface area contributed by atoms with Gasteiger partial charge >= 0.3 is 6.36 Å². The Labute approximate surface area is 203 Å². The van der Waals surface area contributed by atoms with Crippen LogP contribution in [-0.2, 0) is 11.3 Å². The van der Waals surface area contributed by atoms with Crippen molar-refractivity contribution in [2.45, 2.75) is 39.1 Å². The number of thiazole rings is 1. The summed E-state index contributed by atoms with van der Waals surface area (Å²) in [4.78, 5) is 17.1. The molecule has 11 heteroatoms. The number of rotatable bonds is 9. The van der Waals surface area contributed by atoms with Crippen molar-refractivity contribution in [1.29, 1.82) is 0 Å². The van der Waals surface area contributed by atoms with Gasteiger partial charge in [0.1, 0.15) is 5.75 Å². The first-order valence-electron chi connectivity index (χ1n) is 11.1. The molecule has 0 atom stereocenters. The maximum Gasteiger partial charge on any atom is 0.573 e. The van der Waals surface area contributed by atoms with Gasteiger partial charge in [-0.15, -0.1) is 24.5 Å². The number of ether oxygens (including phenoxy) is 3. The molecule has 0 fully saturated rings. The third-order valence-corrected chi connectivity index (χ3v) is 5.98. The van der Waals surface area contributed by atoms with Crippen molar-refractivity contribution >= 4 is 22.9 Å². The maximum absolute atomic E-state index is 12.4. The average Bonchev–Trinajstić information content (AvgIpc) is 3.43. The number of aromatic nitrogens is 1. The van der Waals surface area contributed by atoms with E-state index in [1.54, 1.807) is 0 Å². The molecule has 0 saturated heterocycles. The van der Waals surface area contributed by atoms with Crippen molar-refractivity contribution < 1.29 is 32.2 Å². The summed E-state index contributed by atoms with van der Waals surface area (Å²) in [5.74, 6) is 1.05. The van der Waals surface area contributed by atoms with E-state index < -0.39 is 6.36 Å². The summed E-state index contributed by atoms with van der Waals surface area (Å²) in [6, 6.07) is 11.1. The lowest BCUT2D eigenvalue weighted by Crippen LogP contribution is -2.26. The molecule has 4 rings (SSSR count). The van der Waals surface area contributed by atoms with Crippen molar-refractivity contribution in [2.75, 3.05) is 13.3 Å². The number of fused-ring (bicyclic) bond motifs is 1. The Morgan fingerprint density at radius 3 is 2.69 bits per heavy atom. The van der Waals surface area contributed by atoms with Gasteiger partial charge in [0, 0.05) is 30.5 Å². The van der Waals surface area contributed by atoms with E-state index in [1.165, 1.54) is 35.6 Å². The van der Waals surface area contributed by atoms with Gasteiger partial charge in [0.05, 0.1) is 11.4 Å². The Morgan fingerprint density at radius 1 is 1.17 bits per heavy atom. The van der Waals surface area contributed by atoms with E-state index in [1.807, 2.05) is 35.1 Å². The number of nitrogens with zero attached hydrogens (tertiary/aromatic N) is 2. The van der Waals surface area contributed by atoms with Gasteiger partial charge in [0.2, 0.25) is 12.7 Å². The molecule has 3 aromatic rings. The SMILES string of the molecule is CCCC(=O)NCCCn1c(-c2ccc3c(c2)OCO3)cs/c1=N\c1ccc(OC(F)(F)F)cc1. The van der Waals surface area contributed by atoms with Crippen molar-refractivity contribution in [3.05, 3.63) is 52.6 Å². The Morgan fingerprint density at radius 2 is 1.94 bits per heavy atom. The molecule has 2 aromatic carbocycles. The van der Waals surface area contributed by atoms with Gasteiger partial charge in [0.25, 0.3) is 0 Å². The fourth-order valence-corrected chi connectivity index (χ4v) is 4.49. The highest BCUT2D eigenvalue weighted by Crippen LogP contribution is 2.36. The number of halogens is 3. The molecule has 0 saturated carbocycles. The van der Waals surface area contributed by atoms with E-state index >= 15 is 0 Å². The van der Waals surface area contributed by atoms with Gasteiger partial charge in [-0.2, -0.15) is 0 Å². The van der Waals surface area contributed by atoms with E-state index in [4.69, 9.17) is 9.47 Å². The van der Waals surface area contributed by atoms with Crippen molar-refractivity contribution in [2.24, 2.45) is 4.99 Å². The fraction of sp³-hybridized carbons (Fsp3) is 0.333. The zero-order valence-electron chi connectivity index (χ0n) is 18.9. The minimum absolute atomic E-state index is 0.0184. The zero-order chi connectivity index (χ0) is 24.8. The monoisotopic (exact) mass is 507 g/mol. The average molecular weight is 508 g/mol. The summed E-state index contributed by atoms with van der Waals surface area (Å²) in [5.41, 5.74) is 2.31. The smallest absolute Gasteiger partial charge is 0.454 e. The molecular weight excluding hydrogens is 483 g/mol. The summed E-state index contributed by atoms with van der Waals surface area (Å²) in [5, 5.41) is 4.88. The van der Waals surface area contributed by atoms with Crippen molar-refractivity contribution in [3.8, 4) is 28.5 Å². The third kappa shape index (κ3) is 6.56. The van der Waals surface area contributed by atoms with Gasteiger partial charge in [-0.05, 0) is 55.3 Å². The maximum atomic E-state index is 12.4. The Balaban J connectivity index is 1.60. The minimum Gasteiger partial charge on any atom is -0.454 e. The second-order valence-electron chi connectivity index (χ2n) is 7.73. The number of amides is 1. The molecule has 35 heavy (non-hydrogen) atoms. The van der Waals surface area contributed by atoms with Crippen LogP contribution in [0.2, 0.25) is 0 Å². The topological polar surface area (TPSA) is 74.1 Å². The van der Waals surface area contributed by atoms with Crippen molar-refractivity contribution in [3.63, 3.8) is 0 Å². The highest BCUT2D eigenvalue weighted by Gasteiger charge is 2.31. The van der Waals surface area contributed by atoms with Crippen LogP contribution < -0.4 is 24.3 Å². The molecule has 7 nitrogen and oxygen atoms in total. The quantitative estimate of drug-likeness (QED) is 0.395. The third-order valence-electron chi connectivity index (χ3n) is 5.12. The number of alkyl halides is 3. The zero-order valence-corrected chi connectivity index (χ0v) is 19.7. The number of nitrogens with one attached hydrogen (secondary N) is 1. The van der Waals surface area contributed by atoms with Gasteiger partial charge in [-0.1, -0.05) is 6.92 Å². The van der Waals surface area contributed by atoms with Crippen molar-refractivity contribution in [1.82, 2.24) is 9.88 Å². The predicted molar refractivity (Wildman–Crippen MR) is 125 cm³/mol. The summed E-state index contributed by atoms with van der Waals surface area (Å²) in [6.45, 7) is 3.22. The van der Waals surface area contributed by atoms with Crippen LogP contribution in [0.1, 0.15) is 26.2 Å². The van der Waals surface area contributed by atoms with Crippen LogP contribution in [0, 0.1) is 0 Å². The first-order chi connectivity index (χ1) is 16.8. The number of benzene rings is 2. The van der Waals surface area contributed by atoms with E-state index in [-0.39, 0.29) is 18.4 Å². The highest BCUT2D eigenvalue weighted by atomic mass is 32.1. The highest BCUT2D eigenvalue weighted by molar-refractivity contribution is 7.07. The van der Waals surface area contributed by atoms with E-state index in [0.717, 1.165) is 17.7 Å². The summed E-state index contributed by atoms with van der Waals surface area (Å²) in [7, 11) is 0. The molecule has 0 bridgehead atoms. The van der Waals surface area contributed by atoms with Gasteiger partial charge in [-0.3, -0.25) is 4.79 Å². The number of hydrogen-bond acceptors (Lipinski definition) is 6. The number of carbonyl (C=O) groups excluding carboxylic acids is 1. The number of hydrogen-bond donors (Lipinski definition) is 1. The molecule has 2 heterocycles. The molecule has 0 radical (unpaired) electrons. The molecule has 186 valence electrons. The largest absolute Gasteiger partial charge is 0.573 e. The predicted octanol–water partition coefficient (Wildman–Crippen LogP) is 5.38. The Kier molecular flexibility index (Phi) is 7.64. The van der Waals surface area contributed by atoms with Gasteiger partial charge in [0.15, 0.2) is 16.3 Å². The van der Waals surface area contributed by atoms with Crippen LogP contribution in [-0.4, -0.2) is 30.2 Å². The molecule has 0 aliphatic carbocycles. The second-order valence-corrected chi connectivity index (χ2v) is 8.57. The van der Waals surface area contributed by atoms with Crippen LogP contribution >= 0.6 is 11.3 Å². The summed E-state index contributed by atoms with van der Waals surface area (Å²) < 4.78 is 54.2. The second kappa shape index (κ2) is 10.9. The van der Waals surface area contributed by atoms with E-state index in [2.05, 4.69) is 15.0 Å². The molecule has 0 spiro atoms. The molecule has 1 aliphatic heterocycles. The summed E-state index contributed by atoms with van der Waals surface area (Å²) in [6.07, 6.45) is -2.80. The van der Waals surface area contributed by atoms with Gasteiger partial charge < -0.3 is 24.1 Å². The normalized spacial score (nSPS) is 13.2. The number of carbonyl (C=O) groups is 1. The Hall–Kier alpha value is -3.47. The summed E-state index contributed by atoms with van der Waals surface area (Å²) >= 11 is 1.41. The fourth-order valence-electron chi connectivity index (χ4n) is 3.53. The first-order valence-corrected chi connectivity index (χ1v) is 12.0. The van der Waals surface area contributed by atoms with E-state index in [9.17, 15) is 18.0 Å².